The number of nitrogens with one attached hydrogen (secondary N) is 1. The average Bonchev–Trinajstić information content (AvgIpc) is 2.47. The van der Waals surface area contributed by atoms with Gasteiger partial charge >= 0.3 is 0 Å². The molecule has 0 saturated carbocycles. The second-order valence-corrected chi connectivity index (χ2v) is 5.66. The van der Waals surface area contributed by atoms with Gasteiger partial charge in [0, 0.05) is 6.04 Å². The van der Waals surface area contributed by atoms with Gasteiger partial charge in [0.15, 0.2) is 0 Å². The summed E-state index contributed by atoms with van der Waals surface area (Å²) in [5.41, 5.74) is 5.15. The molecule has 0 spiro atoms. The molecule has 1 N–H and O–H groups in total. The van der Waals surface area contributed by atoms with Gasteiger partial charge in [0.05, 0.1) is 6.04 Å². The van der Waals surface area contributed by atoms with Gasteiger partial charge in [0.25, 0.3) is 0 Å². The van der Waals surface area contributed by atoms with E-state index in [0.717, 1.165) is 18.4 Å². The van der Waals surface area contributed by atoms with Crippen molar-refractivity contribution < 1.29 is 4.39 Å². The molecule has 0 amide bonds. The highest BCUT2D eigenvalue weighted by Gasteiger charge is 2.26. The predicted octanol–water partition coefficient (Wildman–Crippen LogP) is 4.15. The molecule has 2 heteroatoms. The third-order valence-electron chi connectivity index (χ3n) is 4.18. The van der Waals surface area contributed by atoms with Gasteiger partial charge in [-0.15, -0.1) is 0 Å². The second-order valence-electron chi connectivity index (χ2n) is 5.66. The number of hydrogen-bond donors (Lipinski definition) is 1. The van der Waals surface area contributed by atoms with Crippen molar-refractivity contribution in [1.82, 2.24) is 5.32 Å². The zero-order valence-corrected chi connectivity index (χ0v) is 12.0. The molecule has 0 bridgehead atoms. The van der Waals surface area contributed by atoms with E-state index in [9.17, 15) is 4.39 Å². The molecule has 1 aliphatic rings. The van der Waals surface area contributed by atoms with Gasteiger partial charge in [-0.2, -0.15) is 0 Å². The minimum Gasteiger partial charge on any atom is -0.303 e. The largest absolute Gasteiger partial charge is 0.303 e. The van der Waals surface area contributed by atoms with Crippen molar-refractivity contribution in [2.45, 2.75) is 38.8 Å². The predicted molar refractivity (Wildman–Crippen MR) is 80.3 cm³/mol. The van der Waals surface area contributed by atoms with Gasteiger partial charge in [-0.1, -0.05) is 42.8 Å². The summed E-state index contributed by atoms with van der Waals surface area (Å²) in [4.78, 5) is 0. The normalized spacial score (nSPS) is 21.6. The number of benzene rings is 2. The van der Waals surface area contributed by atoms with Crippen molar-refractivity contribution in [3.05, 3.63) is 70.5 Å². The van der Waals surface area contributed by atoms with Crippen LogP contribution in [0.25, 0.3) is 0 Å². The van der Waals surface area contributed by atoms with E-state index in [1.807, 2.05) is 12.1 Å². The first kappa shape index (κ1) is 13.3. The van der Waals surface area contributed by atoms with Gasteiger partial charge in [-0.05, 0) is 48.6 Å². The van der Waals surface area contributed by atoms with Crippen LogP contribution >= 0.6 is 0 Å². The van der Waals surface area contributed by atoms with Crippen molar-refractivity contribution in [1.29, 1.82) is 0 Å². The van der Waals surface area contributed by atoms with Gasteiger partial charge in [-0.3, -0.25) is 0 Å². The summed E-state index contributed by atoms with van der Waals surface area (Å²) in [6, 6.07) is 14.2. The molecule has 0 aliphatic carbocycles. The third kappa shape index (κ3) is 2.48. The molecular weight excluding hydrogens is 249 g/mol. The summed E-state index contributed by atoms with van der Waals surface area (Å²) in [6.07, 6.45) is 2.18. The minimum atomic E-state index is -0.180. The number of aryl methyl sites for hydroxylation is 1. The van der Waals surface area contributed by atoms with Crippen LogP contribution in [0, 0.1) is 12.7 Å². The zero-order valence-electron chi connectivity index (χ0n) is 12.0. The van der Waals surface area contributed by atoms with Crippen LogP contribution in [0.3, 0.4) is 0 Å². The van der Waals surface area contributed by atoms with Crippen LogP contribution in [-0.4, -0.2) is 6.04 Å². The molecule has 1 aliphatic heterocycles. The highest BCUT2D eigenvalue weighted by Crippen LogP contribution is 2.32. The maximum Gasteiger partial charge on any atom is 0.123 e. The molecule has 104 valence electrons. The Morgan fingerprint density at radius 1 is 1.15 bits per heavy atom. The Hall–Kier alpha value is -1.67. The van der Waals surface area contributed by atoms with E-state index in [0.29, 0.717) is 6.04 Å². The molecule has 0 saturated heterocycles. The Bertz CT molecular complexity index is 603. The molecule has 0 radical (unpaired) electrons. The number of fused-ring (bicyclic) bond motifs is 1. The standard InChI is InChI=1S/C18H20FN/c1-3-16-11-14-5-4-12(2)10-17(14)18(20-16)13-6-8-15(19)9-7-13/h4-10,16,18,20H,3,11H2,1-2H3. The molecular formula is C18H20FN. The fraction of sp³-hybridized carbons (Fsp3) is 0.333. The summed E-state index contributed by atoms with van der Waals surface area (Å²) in [5.74, 6) is -0.180. The molecule has 1 heterocycles. The van der Waals surface area contributed by atoms with Gasteiger partial charge < -0.3 is 5.32 Å². The molecule has 0 fully saturated rings. The zero-order chi connectivity index (χ0) is 14.1. The SMILES string of the molecule is CCC1Cc2ccc(C)cc2C(c2ccc(F)cc2)N1. The Morgan fingerprint density at radius 2 is 1.90 bits per heavy atom. The highest BCUT2D eigenvalue weighted by molar-refractivity contribution is 5.42. The first-order valence-electron chi connectivity index (χ1n) is 7.28. The van der Waals surface area contributed by atoms with Crippen molar-refractivity contribution in [3.8, 4) is 0 Å². The van der Waals surface area contributed by atoms with Gasteiger partial charge in [0.1, 0.15) is 5.82 Å². The number of hydrogen-bond acceptors (Lipinski definition) is 1. The summed E-state index contributed by atoms with van der Waals surface area (Å²) >= 11 is 0. The quantitative estimate of drug-likeness (QED) is 0.863. The van der Waals surface area contributed by atoms with E-state index < -0.39 is 0 Å². The average molecular weight is 269 g/mol. The van der Waals surface area contributed by atoms with Crippen LogP contribution in [0.5, 0.6) is 0 Å². The number of rotatable bonds is 2. The first-order chi connectivity index (χ1) is 9.67. The molecule has 1 nitrogen and oxygen atoms in total. The van der Waals surface area contributed by atoms with Crippen LogP contribution in [0.1, 0.15) is 41.6 Å². The Labute approximate surface area is 119 Å². The Kier molecular flexibility index (Phi) is 3.58. The van der Waals surface area contributed by atoms with E-state index in [4.69, 9.17) is 0 Å². The lowest BCUT2D eigenvalue weighted by Crippen LogP contribution is -2.39. The second kappa shape index (κ2) is 5.37. The Balaban J connectivity index is 2.05. The lowest BCUT2D eigenvalue weighted by molar-refractivity contribution is 0.427. The maximum atomic E-state index is 13.1. The smallest absolute Gasteiger partial charge is 0.123 e. The highest BCUT2D eigenvalue weighted by atomic mass is 19.1. The van der Waals surface area contributed by atoms with E-state index in [-0.39, 0.29) is 11.9 Å². The molecule has 3 rings (SSSR count). The third-order valence-corrected chi connectivity index (χ3v) is 4.18. The fourth-order valence-corrected chi connectivity index (χ4v) is 3.01. The van der Waals surface area contributed by atoms with Crippen molar-refractivity contribution >= 4 is 0 Å². The minimum absolute atomic E-state index is 0.171. The van der Waals surface area contributed by atoms with Gasteiger partial charge in [-0.25, -0.2) is 4.39 Å². The van der Waals surface area contributed by atoms with Crippen LogP contribution in [-0.2, 0) is 6.42 Å². The fourth-order valence-electron chi connectivity index (χ4n) is 3.01. The van der Waals surface area contributed by atoms with Crippen LogP contribution in [0.15, 0.2) is 42.5 Å². The van der Waals surface area contributed by atoms with E-state index in [2.05, 4.69) is 37.4 Å². The molecule has 2 atom stereocenters. The van der Waals surface area contributed by atoms with Crippen LogP contribution < -0.4 is 5.32 Å². The summed E-state index contributed by atoms with van der Waals surface area (Å²) in [6.45, 7) is 4.33. The van der Waals surface area contributed by atoms with E-state index >= 15 is 0 Å². The molecule has 0 aromatic heterocycles. The summed E-state index contributed by atoms with van der Waals surface area (Å²) < 4.78 is 13.1. The van der Waals surface area contributed by atoms with Crippen molar-refractivity contribution in [3.63, 3.8) is 0 Å². The van der Waals surface area contributed by atoms with Crippen LogP contribution in [0.2, 0.25) is 0 Å². The first-order valence-corrected chi connectivity index (χ1v) is 7.28. The molecule has 2 aromatic rings. The summed E-state index contributed by atoms with van der Waals surface area (Å²) in [7, 11) is 0. The van der Waals surface area contributed by atoms with Crippen LogP contribution in [0.4, 0.5) is 4.39 Å². The summed E-state index contributed by atoms with van der Waals surface area (Å²) in [5, 5.41) is 3.70. The molecule has 2 unspecified atom stereocenters. The number of halogens is 1. The van der Waals surface area contributed by atoms with Gasteiger partial charge in [0.2, 0.25) is 0 Å². The van der Waals surface area contributed by atoms with E-state index in [1.54, 1.807) is 12.1 Å². The topological polar surface area (TPSA) is 12.0 Å². The van der Waals surface area contributed by atoms with Crippen molar-refractivity contribution in [2.75, 3.05) is 0 Å². The monoisotopic (exact) mass is 269 g/mol. The van der Waals surface area contributed by atoms with Crippen molar-refractivity contribution in [2.24, 2.45) is 0 Å². The molecule has 20 heavy (non-hydrogen) atoms. The van der Waals surface area contributed by atoms with E-state index in [1.165, 1.54) is 16.7 Å². The lowest BCUT2D eigenvalue weighted by Gasteiger charge is -2.33. The maximum absolute atomic E-state index is 13.1. The molecule has 2 aromatic carbocycles. The lowest BCUT2D eigenvalue weighted by atomic mass is 9.85. The Morgan fingerprint density at radius 3 is 2.60 bits per heavy atom.